The molecule has 2 rings (SSSR count). The standard InChI is InChI=1S/C13H13F/c14-13-8-4-7-12(10-13)9-11-5-2-1-3-6-11/h1-5,7-8,10-11H,6,9H2. The zero-order valence-electron chi connectivity index (χ0n) is 7.99. The molecule has 1 aromatic rings. The summed E-state index contributed by atoms with van der Waals surface area (Å²) in [5.41, 5.74) is 1.08. The highest BCUT2D eigenvalue weighted by Crippen LogP contribution is 2.17. The van der Waals surface area contributed by atoms with Crippen molar-refractivity contribution in [3.05, 3.63) is 60.0 Å². The number of allylic oxidation sites excluding steroid dienone is 4. The first-order valence-electron chi connectivity index (χ1n) is 4.92. The quantitative estimate of drug-likeness (QED) is 0.666. The number of halogens is 1. The second kappa shape index (κ2) is 4.23. The summed E-state index contributed by atoms with van der Waals surface area (Å²) in [6.45, 7) is 0. The molecule has 0 saturated heterocycles. The van der Waals surface area contributed by atoms with E-state index in [4.69, 9.17) is 0 Å². The van der Waals surface area contributed by atoms with E-state index in [0.29, 0.717) is 5.92 Å². The minimum Gasteiger partial charge on any atom is -0.207 e. The first kappa shape index (κ1) is 9.20. The van der Waals surface area contributed by atoms with Crippen molar-refractivity contribution in [1.29, 1.82) is 0 Å². The molecule has 0 radical (unpaired) electrons. The van der Waals surface area contributed by atoms with Crippen LogP contribution in [0.2, 0.25) is 0 Å². The van der Waals surface area contributed by atoms with Crippen LogP contribution in [0.4, 0.5) is 4.39 Å². The van der Waals surface area contributed by atoms with Crippen LogP contribution in [0.25, 0.3) is 0 Å². The maximum absolute atomic E-state index is 12.9. The van der Waals surface area contributed by atoms with Crippen LogP contribution in [0.15, 0.2) is 48.6 Å². The van der Waals surface area contributed by atoms with Crippen molar-refractivity contribution < 1.29 is 4.39 Å². The van der Waals surface area contributed by atoms with Gasteiger partial charge in [0.1, 0.15) is 5.82 Å². The van der Waals surface area contributed by atoms with Gasteiger partial charge in [0.05, 0.1) is 0 Å². The highest BCUT2D eigenvalue weighted by molar-refractivity contribution is 5.20. The van der Waals surface area contributed by atoms with Gasteiger partial charge in [-0.3, -0.25) is 0 Å². The zero-order valence-corrected chi connectivity index (χ0v) is 7.99. The predicted molar refractivity (Wildman–Crippen MR) is 56.5 cm³/mol. The Balaban J connectivity index is 2.04. The van der Waals surface area contributed by atoms with E-state index in [1.807, 2.05) is 6.07 Å². The summed E-state index contributed by atoms with van der Waals surface area (Å²) in [6, 6.07) is 6.86. The van der Waals surface area contributed by atoms with Gasteiger partial charge in [0.15, 0.2) is 0 Å². The lowest BCUT2D eigenvalue weighted by molar-refractivity contribution is 0.615. The monoisotopic (exact) mass is 188 g/mol. The first-order chi connectivity index (χ1) is 6.84. The molecule has 14 heavy (non-hydrogen) atoms. The molecule has 0 amide bonds. The van der Waals surface area contributed by atoms with Gasteiger partial charge in [0, 0.05) is 0 Å². The Morgan fingerprint density at radius 2 is 2.21 bits per heavy atom. The molecule has 0 fully saturated rings. The fourth-order valence-corrected chi connectivity index (χ4v) is 1.75. The molecule has 1 unspecified atom stereocenters. The van der Waals surface area contributed by atoms with E-state index >= 15 is 0 Å². The molecule has 72 valence electrons. The Bertz CT molecular complexity index is 363. The second-order valence-electron chi connectivity index (χ2n) is 3.64. The Morgan fingerprint density at radius 1 is 1.29 bits per heavy atom. The van der Waals surface area contributed by atoms with Crippen molar-refractivity contribution >= 4 is 0 Å². The third kappa shape index (κ3) is 2.32. The fourth-order valence-electron chi connectivity index (χ4n) is 1.75. The normalized spacial score (nSPS) is 19.9. The Hall–Kier alpha value is -1.37. The third-order valence-electron chi connectivity index (χ3n) is 2.46. The van der Waals surface area contributed by atoms with Gasteiger partial charge in [-0.2, -0.15) is 0 Å². The molecular weight excluding hydrogens is 175 g/mol. The molecule has 0 bridgehead atoms. The van der Waals surface area contributed by atoms with E-state index in [-0.39, 0.29) is 5.82 Å². The van der Waals surface area contributed by atoms with Crippen LogP contribution in [-0.2, 0) is 6.42 Å². The van der Waals surface area contributed by atoms with Gasteiger partial charge < -0.3 is 0 Å². The highest BCUT2D eigenvalue weighted by atomic mass is 19.1. The van der Waals surface area contributed by atoms with Crippen molar-refractivity contribution in [3.63, 3.8) is 0 Å². The van der Waals surface area contributed by atoms with Gasteiger partial charge in [-0.15, -0.1) is 0 Å². The van der Waals surface area contributed by atoms with Crippen LogP contribution < -0.4 is 0 Å². The molecule has 0 aromatic heterocycles. The minimum absolute atomic E-state index is 0.141. The lowest BCUT2D eigenvalue weighted by Crippen LogP contribution is -2.02. The molecule has 0 N–H and O–H groups in total. The topological polar surface area (TPSA) is 0 Å². The van der Waals surface area contributed by atoms with Crippen molar-refractivity contribution in [2.24, 2.45) is 5.92 Å². The molecule has 0 aliphatic heterocycles. The Kier molecular flexibility index (Phi) is 2.78. The van der Waals surface area contributed by atoms with Crippen LogP contribution >= 0.6 is 0 Å². The summed E-state index contributed by atoms with van der Waals surface area (Å²) in [6.07, 6.45) is 10.5. The molecule has 1 atom stereocenters. The smallest absolute Gasteiger partial charge is 0.123 e. The third-order valence-corrected chi connectivity index (χ3v) is 2.46. The Morgan fingerprint density at radius 3 is 2.93 bits per heavy atom. The summed E-state index contributed by atoms with van der Waals surface area (Å²) in [7, 11) is 0. The average molecular weight is 188 g/mol. The summed E-state index contributed by atoms with van der Waals surface area (Å²) in [5.74, 6) is 0.389. The molecule has 0 heterocycles. The van der Waals surface area contributed by atoms with Crippen LogP contribution in [0.5, 0.6) is 0 Å². The maximum Gasteiger partial charge on any atom is 0.123 e. The van der Waals surface area contributed by atoms with Crippen LogP contribution in [0.3, 0.4) is 0 Å². The molecule has 0 nitrogen and oxygen atoms in total. The first-order valence-corrected chi connectivity index (χ1v) is 4.92. The maximum atomic E-state index is 12.9. The van der Waals surface area contributed by atoms with E-state index in [0.717, 1.165) is 18.4 Å². The van der Waals surface area contributed by atoms with E-state index in [9.17, 15) is 4.39 Å². The van der Waals surface area contributed by atoms with Gasteiger partial charge in [-0.05, 0) is 36.5 Å². The minimum atomic E-state index is -0.141. The molecule has 1 heteroatoms. The van der Waals surface area contributed by atoms with Crippen molar-refractivity contribution in [3.8, 4) is 0 Å². The van der Waals surface area contributed by atoms with Crippen LogP contribution in [-0.4, -0.2) is 0 Å². The summed E-state index contributed by atoms with van der Waals surface area (Å²) >= 11 is 0. The van der Waals surface area contributed by atoms with E-state index in [2.05, 4.69) is 24.3 Å². The fraction of sp³-hybridized carbons (Fsp3) is 0.231. The highest BCUT2D eigenvalue weighted by Gasteiger charge is 2.06. The molecule has 1 aliphatic rings. The number of benzene rings is 1. The Labute approximate surface area is 83.8 Å². The van der Waals surface area contributed by atoms with Crippen molar-refractivity contribution in [1.82, 2.24) is 0 Å². The van der Waals surface area contributed by atoms with Crippen molar-refractivity contribution in [2.45, 2.75) is 12.8 Å². The predicted octanol–water partition coefficient (Wildman–Crippen LogP) is 3.50. The van der Waals surface area contributed by atoms with Gasteiger partial charge in [-0.1, -0.05) is 36.4 Å². The molecule has 0 saturated carbocycles. The SMILES string of the molecule is Fc1cccc(CC2C=CC=CC2)c1. The lowest BCUT2D eigenvalue weighted by atomic mass is 9.93. The van der Waals surface area contributed by atoms with Crippen LogP contribution in [0.1, 0.15) is 12.0 Å². The van der Waals surface area contributed by atoms with E-state index < -0.39 is 0 Å². The van der Waals surface area contributed by atoms with E-state index in [1.54, 1.807) is 12.1 Å². The van der Waals surface area contributed by atoms with Crippen LogP contribution in [0, 0.1) is 11.7 Å². The number of rotatable bonds is 2. The van der Waals surface area contributed by atoms with Gasteiger partial charge in [0.2, 0.25) is 0 Å². The van der Waals surface area contributed by atoms with Gasteiger partial charge >= 0.3 is 0 Å². The average Bonchev–Trinajstić information content (AvgIpc) is 2.19. The summed E-state index contributed by atoms with van der Waals surface area (Å²) < 4.78 is 12.9. The molecular formula is C13H13F. The molecule has 0 spiro atoms. The number of hydrogen-bond acceptors (Lipinski definition) is 0. The van der Waals surface area contributed by atoms with Gasteiger partial charge in [0.25, 0.3) is 0 Å². The lowest BCUT2D eigenvalue weighted by Gasteiger charge is -2.12. The molecule has 1 aliphatic carbocycles. The summed E-state index contributed by atoms with van der Waals surface area (Å²) in [5, 5.41) is 0. The number of hydrogen-bond donors (Lipinski definition) is 0. The van der Waals surface area contributed by atoms with Crippen molar-refractivity contribution in [2.75, 3.05) is 0 Å². The zero-order chi connectivity index (χ0) is 9.80. The van der Waals surface area contributed by atoms with Gasteiger partial charge in [-0.25, -0.2) is 4.39 Å². The largest absolute Gasteiger partial charge is 0.207 e. The van der Waals surface area contributed by atoms with E-state index in [1.165, 1.54) is 6.07 Å². The summed E-state index contributed by atoms with van der Waals surface area (Å²) in [4.78, 5) is 0. The second-order valence-corrected chi connectivity index (χ2v) is 3.64. The molecule has 1 aromatic carbocycles.